The minimum absolute atomic E-state index is 0.0386. The van der Waals surface area contributed by atoms with Crippen LogP contribution in [0.2, 0.25) is 0 Å². The number of hydrogen-bond acceptors (Lipinski definition) is 2. The lowest BCUT2D eigenvalue weighted by Gasteiger charge is -2.25. The zero-order chi connectivity index (χ0) is 13.8. The molecule has 0 aliphatic heterocycles. The number of hydrogen-bond donors (Lipinski definition) is 1. The van der Waals surface area contributed by atoms with Gasteiger partial charge in [-0.1, -0.05) is 0 Å². The van der Waals surface area contributed by atoms with Gasteiger partial charge in [0.25, 0.3) is 0 Å². The summed E-state index contributed by atoms with van der Waals surface area (Å²) in [5.41, 5.74) is -0.315. The number of nitrogens with one attached hydrogen (secondary N) is 1. The van der Waals surface area contributed by atoms with E-state index in [1.54, 1.807) is 0 Å². The van der Waals surface area contributed by atoms with Gasteiger partial charge < -0.3 is 10.1 Å². The van der Waals surface area contributed by atoms with E-state index in [1.807, 2.05) is 20.8 Å². The first-order valence-corrected chi connectivity index (χ1v) is 6.63. The van der Waals surface area contributed by atoms with Gasteiger partial charge in [0.1, 0.15) is 11.6 Å². The smallest absolute Gasteiger partial charge is 0.144 e. The molecule has 1 N–H and O–H groups in total. The fourth-order valence-corrected chi connectivity index (χ4v) is 2.03. The summed E-state index contributed by atoms with van der Waals surface area (Å²) in [6.07, 6.45) is 0. The third-order valence-electron chi connectivity index (χ3n) is 2.53. The zero-order valence-corrected chi connectivity index (χ0v) is 12.4. The summed E-state index contributed by atoms with van der Waals surface area (Å²) < 4.78 is 32.9. The van der Waals surface area contributed by atoms with E-state index >= 15 is 0 Å². The van der Waals surface area contributed by atoms with Crippen molar-refractivity contribution in [1.29, 1.82) is 0 Å². The molecule has 1 rings (SSSR count). The van der Waals surface area contributed by atoms with Crippen molar-refractivity contribution >= 4 is 15.9 Å². The molecule has 0 aromatic heterocycles. The first-order chi connectivity index (χ1) is 8.37. The van der Waals surface area contributed by atoms with Crippen molar-refractivity contribution in [1.82, 2.24) is 5.32 Å². The van der Waals surface area contributed by atoms with Crippen LogP contribution in [0.25, 0.3) is 0 Å². The molecular weight excluding hydrogens is 304 g/mol. The molecule has 2 nitrogen and oxygen atoms in total. The number of halogens is 3. The van der Waals surface area contributed by atoms with E-state index in [0.29, 0.717) is 13.2 Å². The molecule has 0 aliphatic carbocycles. The van der Waals surface area contributed by atoms with E-state index in [2.05, 4.69) is 21.2 Å². The Morgan fingerprint density at radius 1 is 1.33 bits per heavy atom. The summed E-state index contributed by atoms with van der Waals surface area (Å²) >= 11 is 3.04. The van der Waals surface area contributed by atoms with Crippen LogP contribution in [0.4, 0.5) is 8.78 Å². The van der Waals surface area contributed by atoms with Crippen LogP contribution in [-0.2, 0) is 11.3 Å². The van der Waals surface area contributed by atoms with Crippen molar-refractivity contribution in [2.45, 2.75) is 32.9 Å². The van der Waals surface area contributed by atoms with Crippen molar-refractivity contribution in [2.24, 2.45) is 0 Å². The number of rotatable bonds is 6. The Hall–Kier alpha value is -0.520. The van der Waals surface area contributed by atoms with Gasteiger partial charge in [0.05, 0.1) is 10.1 Å². The van der Waals surface area contributed by atoms with Crippen LogP contribution in [0.1, 0.15) is 26.3 Å². The predicted molar refractivity (Wildman–Crippen MR) is 71.5 cm³/mol. The largest absolute Gasteiger partial charge is 0.375 e. The first-order valence-electron chi connectivity index (χ1n) is 5.84. The highest BCUT2D eigenvalue weighted by Gasteiger charge is 2.18. The van der Waals surface area contributed by atoms with E-state index in [9.17, 15) is 8.78 Å². The molecule has 0 spiro atoms. The van der Waals surface area contributed by atoms with Gasteiger partial charge in [-0.05, 0) is 48.8 Å². The van der Waals surface area contributed by atoms with Crippen LogP contribution < -0.4 is 5.32 Å². The highest BCUT2D eigenvalue weighted by Crippen LogP contribution is 2.21. The van der Waals surface area contributed by atoms with Crippen molar-refractivity contribution in [2.75, 3.05) is 13.2 Å². The molecule has 102 valence electrons. The molecule has 0 saturated carbocycles. The lowest BCUT2D eigenvalue weighted by molar-refractivity contribution is -0.00906. The van der Waals surface area contributed by atoms with Gasteiger partial charge in [-0.3, -0.25) is 0 Å². The summed E-state index contributed by atoms with van der Waals surface area (Å²) in [6, 6.07) is 2.61. The van der Waals surface area contributed by atoms with Crippen LogP contribution >= 0.6 is 15.9 Å². The van der Waals surface area contributed by atoms with Crippen LogP contribution in [0, 0.1) is 11.6 Å². The number of benzene rings is 1. The molecule has 1 aromatic carbocycles. The lowest BCUT2D eigenvalue weighted by Crippen LogP contribution is -2.37. The maximum atomic E-state index is 13.7. The van der Waals surface area contributed by atoms with Crippen LogP contribution in [-0.4, -0.2) is 18.8 Å². The zero-order valence-electron chi connectivity index (χ0n) is 10.8. The van der Waals surface area contributed by atoms with Crippen molar-refractivity contribution in [3.63, 3.8) is 0 Å². The van der Waals surface area contributed by atoms with Crippen LogP contribution in [0.5, 0.6) is 0 Å². The van der Waals surface area contributed by atoms with E-state index < -0.39 is 11.6 Å². The third-order valence-corrected chi connectivity index (χ3v) is 3.14. The Labute approximate surface area is 115 Å². The number of ether oxygens (including phenoxy) is 1. The first kappa shape index (κ1) is 15.5. The van der Waals surface area contributed by atoms with Crippen LogP contribution in [0.15, 0.2) is 16.6 Å². The quantitative estimate of drug-likeness (QED) is 0.808. The maximum absolute atomic E-state index is 13.7. The Morgan fingerprint density at radius 3 is 2.61 bits per heavy atom. The summed E-state index contributed by atoms with van der Waals surface area (Å²) in [7, 11) is 0. The van der Waals surface area contributed by atoms with Gasteiger partial charge in [-0.2, -0.15) is 0 Å². The fourth-order valence-electron chi connectivity index (χ4n) is 1.66. The Morgan fingerprint density at radius 2 is 2.00 bits per heavy atom. The van der Waals surface area contributed by atoms with Crippen molar-refractivity contribution < 1.29 is 13.5 Å². The Kier molecular flexibility index (Phi) is 5.69. The van der Waals surface area contributed by atoms with Gasteiger partial charge in [0, 0.05) is 25.3 Å². The molecule has 0 unspecified atom stereocenters. The van der Waals surface area contributed by atoms with E-state index in [1.165, 1.54) is 12.1 Å². The minimum Gasteiger partial charge on any atom is -0.375 e. The van der Waals surface area contributed by atoms with Crippen molar-refractivity contribution in [3.8, 4) is 0 Å². The summed E-state index contributed by atoms with van der Waals surface area (Å²) in [5.74, 6) is -1.10. The molecule has 0 heterocycles. The molecule has 0 bridgehead atoms. The third kappa shape index (κ3) is 4.30. The van der Waals surface area contributed by atoms with Crippen molar-refractivity contribution in [3.05, 3.63) is 33.8 Å². The summed E-state index contributed by atoms with van der Waals surface area (Å²) in [6.45, 7) is 7.03. The van der Waals surface area contributed by atoms with Gasteiger partial charge in [-0.25, -0.2) is 8.78 Å². The SMILES string of the molecule is CCOC(C)(C)CNCc1c(F)ccc(Br)c1F. The normalized spacial score (nSPS) is 11.9. The second kappa shape index (κ2) is 6.59. The van der Waals surface area contributed by atoms with Gasteiger partial charge in [0.2, 0.25) is 0 Å². The summed E-state index contributed by atoms with van der Waals surface area (Å²) in [5, 5.41) is 3.01. The van der Waals surface area contributed by atoms with Gasteiger partial charge in [0.15, 0.2) is 0 Å². The maximum Gasteiger partial charge on any atom is 0.144 e. The predicted octanol–water partition coefficient (Wildman–Crippen LogP) is 3.63. The molecule has 0 amide bonds. The van der Waals surface area contributed by atoms with Crippen LogP contribution in [0.3, 0.4) is 0 Å². The minimum atomic E-state index is -0.559. The Balaban J connectivity index is 2.62. The van der Waals surface area contributed by atoms with E-state index in [0.717, 1.165) is 0 Å². The van der Waals surface area contributed by atoms with E-state index in [-0.39, 0.29) is 22.2 Å². The average molecular weight is 322 g/mol. The summed E-state index contributed by atoms with van der Waals surface area (Å²) in [4.78, 5) is 0. The molecule has 0 radical (unpaired) electrons. The molecule has 18 heavy (non-hydrogen) atoms. The second-order valence-corrected chi connectivity index (χ2v) is 5.47. The van der Waals surface area contributed by atoms with Gasteiger partial charge >= 0.3 is 0 Å². The molecule has 0 atom stereocenters. The van der Waals surface area contributed by atoms with E-state index in [4.69, 9.17) is 4.74 Å². The molecule has 1 aromatic rings. The average Bonchev–Trinajstić information content (AvgIpc) is 2.28. The second-order valence-electron chi connectivity index (χ2n) is 4.62. The molecule has 5 heteroatoms. The molecule has 0 fully saturated rings. The Bertz CT molecular complexity index is 410. The monoisotopic (exact) mass is 321 g/mol. The lowest BCUT2D eigenvalue weighted by atomic mass is 10.1. The fraction of sp³-hybridized carbons (Fsp3) is 0.538. The standard InChI is InChI=1S/C13H18BrF2NO/c1-4-18-13(2,3)8-17-7-9-11(15)6-5-10(14)12(9)16/h5-6,17H,4,7-8H2,1-3H3. The van der Waals surface area contributed by atoms with Gasteiger partial charge in [-0.15, -0.1) is 0 Å². The molecule has 0 aliphatic rings. The highest BCUT2D eigenvalue weighted by atomic mass is 79.9. The molecule has 0 saturated heterocycles. The topological polar surface area (TPSA) is 21.3 Å². The molecular formula is C13H18BrF2NO. The highest BCUT2D eigenvalue weighted by molar-refractivity contribution is 9.10.